The molecule has 0 saturated heterocycles. The number of ether oxygens (including phenoxy) is 1. The smallest absolute Gasteiger partial charge is 0.172 e. The molecule has 1 aliphatic rings. The van der Waals surface area contributed by atoms with Crippen LogP contribution in [0.4, 0.5) is 0 Å². The van der Waals surface area contributed by atoms with E-state index in [0.717, 1.165) is 32.0 Å². The predicted molar refractivity (Wildman–Crippen MR) is 97.4 cm³/mol. The van der Waals surface area contributed by atoms with Crippen molar-refractivity contribution in [1.29, 1.82) is 0 Å². The first-order chi connectivity index (χ1) is 11.6. The molecule has 0 aromatic carbocycles. The minimum atomic E-state index is -0.633. The zero-order valence-electron chi connectivity index (χ0n) is 15.6. The summed E-state index contributed by atoms with van der Waals surface area (Å²) < 4.78 is 5.87. The molecular formula is C20H33NO3. The Balaban J connectivity index is 0.00000139. The molecule has 24 heavy (non-hydrogen) atoms. The lowest BCUT2D eigenvalue weighted by molar-refractivity contribution is -0.0579. The van der Waals surface area contributed by atoms with Gasteiger partial charge < -0.3 is 9.84 Å². The van der Waals surface area contributed by atoms with E-state index in [2.05, 4.69) is 11.9 Å². The fourth-order valence-electron chi connectivity index (χ4n) is 3.73. The molecule has 1 fully saturated rings. The van der Waals surface area contributed by atoms with Crippen molar-refractivity contribution >= 4 is 6.29 Å². The van der Waals surface area contributed by atoms with Crippen molar-refractivity contribution in [1.82, 2.24) is 4.98 Å². The SMILES string of the molecule is CC.CCCC(C)(O)C1CCCCC1COc1cccnc1C=O. The summed E-state index contributed by atoms with van der Waals surface area (Å²) in [5, 5.41) is 10.8. The maximum Gasteiger partial charge on any atom is 0.172 e. The van der Waals surface area contributed by atoms with E-state index in [1.807, 2.05) is 20.8 Å². The van der Waals surface area contributed by atoms with Crippen LogP contribution in [0, 0.1) is 11.8 Å². The normalized spacial score (nSPS) is 22.7. The van der Waals surface area contributed by atoms with Crippen LogP contribution in [0.25, 0.3) is 0 Å². The van der Waals surface area contributed by atoms with Crippen LogP contribution in [0.3, 0.4) is 0 Å². The molecule has 4 heteroatoms. The van der Waals surface area contributed by atoms with E-state index in [1.54, 1.807) is 18.3 Å². The largest absolute Gasteiger partial charge is 0.491 e. The average Bonchev–Trinajstić information content (AvgIpc) is 2.62. The number of rotatable bonds is 7. The van der Waals surface area contributed by atoms with Crippen LogP contribution < -0.4 is 4.74 Å². The van der Waals surface area contributed by atoms with E-state index in [4.69, 9.17) is 4.74 Å². The quantitative estimate of drug-likeness (QED) is 0.736. The standard InChI is InChI=1S/C18H27NO3.C2H6/c1-3-10-18(2,21)15-8-5-4-7-14(15)13-22-17-9-6-11-19-16(17)12-20;1-2/h6,9,11-12,14-15,21H,3-5,7-8,10,13H2,1-2H3;1-2H3. The average molecular weight is 335 g/mol. The van der Waals surface area contributed by atoms with Crippen molar-refractivity contribution in [3.05, 3.63) is 24.0 Å². The van der Waals surface area contributed by atoms with Crippen LogP contribution in [-0.2, 0) is 0 Å². The summed E-state index contributed by atoms with van der Waals surface area (Å²) >= 11 is 0. The second-order valence-electron chi connectivity index (χ2n) is 6.57. The highest BCUT2D eigenvalue weighted by Crippen LogP contribution is 2.39. The summed E-state index contributed by atoms with van der Waals surface area (Å²) in [7, 11) is 0. The summed E-state index contributed by atoms with van der Waals surface area (Å²) in [4.78, 5) is 15.0. The van der Waals surface area contributed by atoms with E-state index < -0.39 is 5.60 Å². The third-order valence-electron chi connectivity index (χ3n) is 4.83. The van der Waals surface area contributed by atoms with Gasteiger partial charge in [0.15, 0.2) is 6.29 Å². The van der Waals surface area contributed by atoms with Crippen molar-refractivity contribution in [2.75, 3.05) is 6.61 Å². The summed E-state index contributed by atoms with van der Waals surface area (Å²) in [6.45, 7) is 8.60. The van der Waals surface area contributed by atoms with Crippen LogP contribution in [0.1, 0.15) is 76.7 Å². The van der Waals surface area contributed by atoms with Gasteiger partial charge in [0.2, 0.25) is 0 Å². The number of aliphatic hydroxyl groups is 1. The molecule has 0 aliphatic heterocycles. The predicted octanol–water partition coefficient (Wildman–Crippen LogP) is 4.66. The Hall–Kier alpha value is -1.42. The van der Waals surface area contributed by atoms with Gasteiger partial charge in [-0.2, -0.15) is 0 Å². The molecule has 3 unspecified atom stereocenters. The van der Waals surface area contributed by atoms with E-state index >= 15 is 0 Å². The van der Waals surface area contributed by atoms with Crippen LogP contribution in [0.2, 0.25) is 0 Å². The van der Waals surface area contributed by atoms with Gasteiger partial charge in [0.1, 0.15) is 11.4 Å². The molecule has 0 spiro atoms. The first-order valence-electron chi connectivity index (χ1n) is 9.34. The summed E-state index contributed by atoms with van der Waals surface area (Å²) in [6.07, 6.45) is 8.59. The second-order valence-corrected chi connectivity index (χ2v) is 6.57. The number of aromatic nitrogens is 1. The molecule has 1 N–H and O–H groups in total. The molecule has 1 heterocycles. The molecule has 3 atom stereocenters. The Bertz CT molecular complexity index is 488. The van der Waals surface area contributed by atoms with Gasteiger partial charge in [-0.1, -0.05) is 40.0 Å². The number of carbonyl (C=O) groups excluding carboxylic acids is 1. The van der Waals surface area contributed by atoms with Crippen LogP contribution in [0.15, 0.2) is 18.3 Å². The fourth-order valence-corrected chi connectivity index (χ4v) is 3.73. The molecule has 1 saturated carbocycles. The van der Waals surface area contributed by atoms with Gasteiger partial charge in [-0.05, 0) is 50.2 Å². The maximum absolute atomic E-state index is 11.0. The van der Waals surface area contributed by atoms with Gasteiger partial charge in [-0.25, -0.2) is 4.98 Å². The van der Waals surface area contributed by atoms with E-state index in [9.17, 15) is 9.90 Å². The van der Waals surface area contributed by atoms with Gasteiger partial charge in [-0.3, -0.25) is 4.79 Å². The van der Waals surface area contributed by atoms with Gasteiger partial charge in [0.05, 0.1) is 12.2 Å². The molecule has 0 amide bonds. The van der Waals surface area contributed by atoms with Gasteiger partial charge in [-0.15, -0.1) is 0 Å². The first kappa shape index (κ1) is 20.6. The highest BCUT2D eigenvalue weighted by atomic mass is 16.5. The van der Waals surface area contributed by atoms with E-state index in [0.29, 0.717) is 24.0 Å². The Morgan fingerprint density at radius 3 is 2.75 bits per heavy atom. The van der Waals surface area contributed by atoms with Crippen LogP contribution in [0.5, 0.6) is 5.75 Å². The first-order valence-corrected chi connectivity index (χ1v) is 9.34. The minimum absolute atomic E-state index is 0.262. The lowest BCUT2D eigenvalue weighted by Crippen LogP contribution is -2.42. The number of hydrogen-bond donors (Lipinski definition) is 1. The van der Waals surface area contributed by atoms with Crippen molar-refractivity contribution in [2.45, 2.75) is 71.8 Å². The lowest BCUT2D eigenvalue weighted by atomic mass is 9.69. The lowest BCUT2D eigenvalue weighted by Gasteiger charge is -2.41. The van der Waals surface area contributed by atoms with Crippen LogP contribution >= 0.6 is 0 Å². The van der Waals surface area contributed by atoms with E-state index in [-0.39, 0.29) is 5.92 Å². The number of carbonyl (C=O) groups is 1. The third-order valence-corrected chi connectivity index (χ3v) is 4.83. The highest BCUT2D eigenvalue weighted by molar-refractivity contribution is 5.75. The number of aldehydes is 1. The molecule has 136 valence electrons. The maximum atomic E-state index is 11.0. The molecule has 1 aliphatic carbocycles. The monoisotopic (exact) mass is 335 g/mol. The molecule has 2 rings (SSSR count). The van der Waals surface area contributed by atoms with Crippen molar-refractivity contribution in [2.24, 2.45) is 11.8 Å². The molecule has 1 aromatic rings. The molecule has 4 nitrogen and oxygen atoms in total. The van der Waals surface area contributed by atoms with Crippen molar-refractivity contribution in [3.8, 4) is 5.75 Å². The summed E-state index contributed by atoms with van der Waals surface area (Å²) in [6, 6.07) is 3.55. The highest BCUT2D eigenvalue weighted by Gasteiger charge is 2.38. The Morgan fingerprint density at radius 1 is 1.38 bits per heavy atom. The molecular weight excluding hydrogens is 302 g/mol. The minimum Gasteiger partial charge on any atom is -0.491 e. The fraction of sp³-hybridized carbons (Fsp3) is 0.700. The number of nitrogens with zero attached hydrogens (tertiary/aromatic N) is 1. The van der Waals surface area contributed by atoms with Crippen molar-refractivity contribution < 1.29 is 14.6 Å². The Morgan fingerprint density at radius 2 is 2.08 bits per heavy atom. The topological polar surface area (TPSA) is 59.4 Å². The van der Waals surface area contributed by atoms with Gasteiger partial charge >= 0.3 is 0 Å². The Kier molecular flexibility index (Phi) is 8.98. The second kappa shape index (κ2) is 10.4. The summed E-state index contributed by atoms with van der Waals surface area (Å²) in [5.41, 5.74) is -0.291. The Labute approximate surface area is 146 Å². The molecule has 0 bridgehead atoms. The van der Waals surface area contributed by atoms with Crippen molar-refractivity contribution in [3.63, 3.8) is 0 Å². The van der Waals surface area contributed by atoms with Gasteiger partial charge in [0, 0.05) is 6.20 Å². The van der Waals surface area contributed by atoms with Gasteiger partial charge in [0.25, 0.3) is 0 Å². The molecule has 1 aromatic heterocycles. The van der Waals surface area contributed by atoms with Crippen LogP contribution in [-0.4, -0.2) is 28.6 Å². The summed E-state index contributed by atoms with van der Waals surface area (Å²) in [5.74, 6) is 1.13. The third kappa shape index (κ3) is 5.59. The zero-order valence-corrected chi connectivity index (χ0v) is 15.6. The zero-order chi connectivity index (χ0) is 18.0. The number of hydrogen-bond acceptors (Lipinski definition) is 4. The van der Waals surface area contributed by atoms with E-state index in [1.165, 1.54) is 12.8 Å². The molecule has 0 radical (unpaired) electrons. The number of pyridine rings is 1.